The lowest BCUT2D eigenvalue weighted by molar-refractivity contribution is -0.122. The zero-order valence-corrected chi connectivity index (χ0v) is 24.2. The lowest BCUT2D eigenvalue weighted by atomic mass is 10.0. The molecule has 0 aromatic carbocycles. The quantitative estimate of drug-likeness (QED) is 0.0609. The molecule has 0 aliphatic carbocycles. The van der Waals surface area contributed by atoms with Crippen LogP contribution in [0.25, 0.3) is 0 Å². The zero-order chi connectivity index (χ0) is 26.9. The maximum atomic E-state index is 12.3. The Kier molecular flexibility index (Phi) is 23.8. The second-order valence-corrected chi connectivity index (χ2v) is 11.9. The molecule has 0 rings (SSSR count). The van der Waals surface area contributed by atoms with Crippen molar-refractivity contribution < 1.29 is 22.9 Å². The van der Waals surface area contributed by atoms with Gasteiger partial charge < -0.3 is 10.4 Å². The van der Waals surface area contributed by atoms with Crippen molar-refractivity contribution in [1.29, 1.82) is 0 Å². The van der Waals surface area contributed by atoms with Crippen LogP contribution in [0.1, 0.15) is 149 Å². The maximum Gasteiger partial charge on any atom is 0.267 e. The number of hydrogen-bond acceptors (Lipinski definition) is 4. The number of carbonyl (C=O) groups is 1. The van der Waals surface area contributed by atoms with E-state index in [0.29, 0.717) is 6.42 Å². The molecule has 214 valence electrons. The Morgan fingerprint density at radius 2 is 1.14 bits per heavy atom. The van der Waals surface area contributed by atoms with Crippen LogP contribution in [-0.4, -0.2) is 41.9 Å². The van der Waals surface area contributed by atoms with Crippen LogP contribution in [0.15, 0.2) is 12.2 Å². The average molecular weight is 532 g/mol. The van der Waals surface area contributed by atoms with E-state index in [0.717, 1.165) is 51.4 Å². The summed E-state index contributed by atoms with van der Waals surface area (Å²) in [6.07, 6.45) is 26.5. The molecule has 0 saturated heterocycles. The number of aliphatic hydroxyl groups is 1. The van der Waals surface area contributed by atoms with Gasteiger partial charge in [-0.25, -0.2) is 0 Å². The molecule has 6 nitrogen and oxygen atoms in total. The van der Waals surface area contributed by atoms with Crippen molar-refractivity contribution >= 4 is 16.0 Å². The first-order chi connectivity index (χ1) is 17.3. The van der Waals surface area contributed by atoms with Crippen molar-refractivity contribution in [1.82, 2.24) is 5.32 Å². The monoisotopic (exact) mass is 531 g/mol. The van der Waals surface area contributed by atoms with E-state index in [1.807, 2.05) is 6.08 Å². The van der Waals surface area contributed by atoms with Gasteiger partial charge in [0.2, 0.25) is 5.91 Å². The van der Waals surface area contributed by atoms with Crippen molar-refractivity contribution in [2.45, 2.75) is 161 Å². The summed E-state index contributed by atoms with van der Waals surface area (Å²) in [5.41, 5.74) is 0. The molecule has 1 amide bonds. The molecule has 0 aromatic heterocycles. The van der Waals surface area contributed by atoms with Crippen LogP contribution in [-0.2, 0) is 14.9 Å². The summed E-state index contributed by atoms with van der Waals surface area (Å²) < 4.78 is 31.9. The van der Waals surface area contributed by atoms with E-state index in [1.54, 1.807) is 0 Å². The van der Waals surface area contributed by atoms with Gasteiger partial charge in [-0.15, -0.1) is 0 Å². The molecule has 2 atom stereocenters. The van der Waals surface area contributed by atoms with Crippen LogP contribution in [0.4, 0.5) is 0 Å². The van der Waals surface area contributed by atoms with Crippen LogP contribution in [0.2, 0.25) is 0 Å². The lowest BCUT2D eigenvalue weighted by Gasteiger charge is -2.21. The number of nitrogens with one attached hydrogen (secondary N) is 1. The SMILES string of the molecule is CCCCCC/C=C/C(O)C(CS(=O)(=O)O)NC(=O)CCCCCCCCCCCCCCCCC. The highest BCUT2D eigenvalue weighted by molar-refractivity contribution is 7.85. The molecule has 2 unspecified atom stereocenters. The zero-order valence-electron chi connectivity index (χ0n) is 23.4. The van der Waals surface area contributed by atoms with Crippen LogP contribution >= 0.6 is 0 Å². The molecular formula is C29H57NO5S. The van der Waals surface area contributed by atoms with Gasteiger partial charge in [-0.2, -0.15) is 8.42 Å². The van der Waals surface area contributed by atoms with E-state index in [4.69, 9.17) is 0 Å². The first-order valence-corrected chi connectivity index (χ1v) is 16.5. The standard InChI is InChI=1S/C29H57NO5S/c1-3-5-7-9-11-12-13-14-15-16-17-18-19-21-23-25-29(32)30-27(26-36(33,34)35)28(31)24-22-20-10-8-6-4-2/h22,24,27-28,31H,3-21,23,25-26H2,1-2H3,(H,30,32)(H,33,34,35)/b24-22+. The highest BCUT2D eigenvalue weighted by atomic mass is 32.2. The summed E-state index contributed by atoms with van der Waals surface area (Å²) in [5.74, 6) is -0.979. The van der Waals surface area contributed by atoms with Crippen molar-refractivity contribution in [3.63, 3.8) is 0 Å². The first kappa shape index (κ1) is 35.1. The largest absolute Gasteiger partial charge is 0.387 e. The summed E-state index contributed by atoms with van der Waals surface area (Å²) in [7, 11) is -4.32. The minimum Gasteiger partial charge on any atom is -0.387 e. The molecule has 0 fully saturated rings. The van der Waals surface area contributed by atoms with Gasteiger partial charge in [0.25, 0.3) is 10.1 Å². The number of allylic oxidation sites excluding steroid dienone is 1. The Bertz CT molecular complexity index is 636. The second kappa shape index (κ2) is 24.4. The Balaban J connectivity index is 3.94. The van der Waals surface area contributed by atoms with E-state index in [1.165, 1.54) is 83.1 Å². The van der Waals surface area contributed by atoms with Gasteiger partial charge in [0.05, 0.1) is 17.9 Å². The lowest BCUT2D eigenvalue weighted by Crippen LogP contribution is -2.46. The maximum absolute atomic E-state index is 12.3. The molecule has 36 heavy (non-hydrogen) atoms. The Hall–Kier alpha value is -0.920. The fourth-order valence-corrected chi connectivity index (χ4v) is 5.18. The third kappa shape index (κ3) is 24.8. The predicted molar refractivity (Wildman–Crippen MR) is 152 cm³/mol. The van der Waals surface area contributed by atoms with Crippen molar-refractivity contribution in [2.24, 2.45) is 0 Å². The summed E-state index contributed by atoms with van der Waals surface area (Å²) in [4.78, 5) is 12.3. The van der Waals surface area contributed by atoms with E-state index < -0.39 is 28.0 Å². The molecule has 0 aliphatic heterocycles. The van der Waals surface area contributed by atoms with Crippen molar-refractivity contribution in [2.75, 3.05) is 5.75 Å². The molecular weight excluding hydrogens is 474 g/mol. The highest BCUT2D eigenvalue weighted by Gasteiger charge is 2.24. The summed E-state index contributed by atoms with van der Waals surface area (Å²) >= 11 is 0. The number of aliphatic hydroxyl groups excluding tert-OH is 1. The molecule has 0 saturated carbocycles. The number of unbranched alkanes of at least 4 members (excludes halogenated alkanes) is 18. The topological polar surface area (TPSA) is 104 Å². The molecule has 0 aliphatic rings. The fraction of sp³-hybridized carbons (Fsp3) is 0.897. The second-order valence-electron chi connectivity index (χ2n) is 10.4. The molecule has 0 heterocycles. The smallest absolute Gasteiger partial charge is 0.267 e. The molecule has 0 aromatic rings. The third-order valence-corrected chi connectivity index (χ3v) is 7.49. The van der Waals surface area contributed by atoms with Gasteiger partial charge in [0.15, 0.2) is 0 Å². The Morgan fingerprint density at radius 3 is 1.58 bits per heavy atom. The van der Waals surface area contributed by atoms with E-state index in [-0.39, 0.29) is 5.91 Å². The predicted octanol–water partition coefficient (Wildman–Crippen LogP) is 7.51. The van der Waals surface area contributed by atoms with E-state index in [9.17, 15) is 22.9 Å². The number of rotatable bonds is 26. The average Bonchev–Trinajstić information content (AvgIpc) is 2.82. The molecule has 0 bridgehead atoms. The van der Waals surface area contributed by atoms with Gasteiger partial charge in [0, 0.05) is 6.42 Å². The van der Waals surface area contributed by atoms with E-state index >= 15 is 0 Å². The first-order valence-electron chi connectivity index (χ1n) is 14.9. The van der Waals surface area contributed by atoms with Crippen molar-refractivity contribution in [3.8, 4) is 0 Å². The molecule has 7 heteroatoms. The number of carbonyl (C=O) groups excluding carboxylic acids is 1. The van der Waals surface area contributed by atoms with Crippen LogP contribution in [0, 0.1) is 0 Å². The summed E-state index contributed by atoms with van der Waals surface area (Å²) in [5, 5.41) is 13.0. The minimum atomic E-state index is -4.32. The Labute approximate surface area is 222 Å². The van der Waals surface area contributed by atoms with Gasteiger partial charge in [-0.1, -0.05) is 135 Å². The normalized spacial score (nSPS) is 13.8. The number of hydrogen-bond donors (Lipinski definition) is 3. The van der Waals surface area contributed by atoms with Gasteiger partial charge in [-0.05, 0) is 19.3 Å². The summed E-state index contributed by atoms with van der Waals surface area (Å²) in [6, 6.07) is -1.05. The van der Waals surface area contributed by atoms with Gasteiger partial charge in [0.1, 0.15) is 0 Å². The summed E-state index contributed by atoms with van der Waals surface area (Å²) in [6.45, 7) is 4.40. The van der Waals surface area contributed by atoms with Crippen molar-refractivity contribution in [3.05, 3.63) is 12.2 Å². The number of amides is 1. The van der Waals surface area contributed by atoms with Crippen LogP contribution in [0.5, 0.6) is 0 Å². The molecule has 0 radical (unpaired) electrons. The minimum absolute atomic E-state index is 0.284. The van der Waals surface area contributed by atoms with Crippen LogP contribution in [0.3, 0.4) is 0 Å². The van der Waals surface area contributed by atoms with E-state index in [2.05, 4.69) is 19.2 Å². The fourth-order valence-electron chi connectivity index (χ4n) is 4.45. The van der Waals surface area contributed by atoms with Gasteiger partial charge in [-0.3, -0.25) is 9.35 Å². The van der Waals surface area contributed by atoms with Crippen LogP contribution < -0.4 is 5.32 Å². The molecule has 3 N–H and O–H groups in total. The Morgan fingerprint density at radius 1 is 0.722 bits per heavy atom. The molecule has 0 spiro atoms. The third-order valence-electron chi connectivity index (χ3n) is 6.71. The highest BCUT2D eigenvalue weighted by Crippen LogP contribution is 2.14. The van der Waals surface area contributed by atoms with Gasteiger partial charge >= 0.3 is 0 Å².